The number of nitrogens with zero attached hydrogens (tertiary/aromatic N) is 2. The van der Waals surface area contributed by atoms with Crippen molar-refractivity contribution in [1.82, 2.24) is 15.1 Å². The topological polar surface area (TPSA) is 55.8 Å². The van der Waals surface area contributed by atoms with E-state index in [9.17, 15) is 9.90 Å². The summed E-state index contributed by atoms with van der Waals surface area (Å²) in [6.45, 7) is 6.10. The number of hydrogen-bond acceptors (Lipinski definition) is 4. The summed E-state index contributed by atoms with van der Waals surface area (Å²) in [5, 5.41) is 13.1. The van der Waals surface area contributed by atoms with Crippen molar-refractivity contribution in [3.05, 3.63) is 0 Å². The van der Waals surface area contributed by atoms with Crippen LogP contribution >= 0.6 is 0 Å². The molecule has 0 bridgehead atoms. The number of likely N-dealkylation sites (tertiary alicyclic amines) is 2. The van der Waals surface area contributed by atoms with E-state index in [1.807, 2.05) is 4.90 Å². The van der Waals surface area contributed by atoms with Gasteiger partial charge in [-0.25, -0.2) is 0 Å². The zero-order valence-electron chi connectivity index (χ0n) is 11.8. The van der Waals surface area contributed by atoms with Crippen LogP contribution in [0, 0.1) is 0 Å². The molecule has 5 nitrogen and oxygen atoms in total. The maximum absolute atomic E-state index is 11.8. The van der Waals surface area contributed by atoms with E-state index >= 15 is 0 Å². The van der Waals surface area contributed by atoms with E-state index in [1.165, 1.54) is 12.8 Å². The van der Waals surface area contributed by atoms with Crippen molar-refractivity contribution >= 4 is 5.91 Å². The van der Waals surface area contributed by atoms with Crippen LogP contribution in [0.4, 0.5) is 0 Å². The standard InChI is InChI=1S/C14H27N3O2/c18-13(12-16-7-1-2-8-16)11-15-6-5-14(19)17-9-3-4-10-17/h13,15,18H,1-12H2. The number of hydrogen-bond donors (Lipinski definition) is 2. The van der Waals surface area contributed by atoms with Crippen LogP contribution in [0.3, 0.4) is 0 Å². The Hall–Kier alpha value is -0.650. The molecular formula is C14H27N3O2. The lowest BCUT2D eigenvalue weighted by atomic mass is 10.3. The Kier molecular flexibility index (Phi) is 6.07. The van der Waals surface area contributed by atoms with Gasteiger partial charge in [0.05, 0.1) is 6.10 Å². The third-order valence-corrected chi connectivity index (χ3v) is 4.02. The lowest BCUT2D eigenvalue weighted by molar-refractivity contribution is -0.130. The van der Waals surface area contributed by atoms with E-state index in [4.69, 9.17) is 0 Å². The van der Waals surface area contributed by atoms with Crippen LogP contribution in [0.5, 0.6) is 0 Å². The molecule has 5 heteroatoms. The molecule has 0 spiro atoms. The summed E-state index contributed by atoms with van der Waals surface area (Å²) in [6.07, 6.45) is 5.03. The van der Waals surface area contributed by atoms with E-state index in [0.29, 0.717) is 19.5 Å². The van der Waals surface area contributed by atoms with Gasteiger partial charge in [-0.15, -0.1) is 0 Å². The average Bonchev–Trinajstić information content (AvgIpc) is 3.06. The molecule has 0 aromatic rings. The average molecular weight is 269 g/mol. The van der Waals surface area contributed by atoms with Gasteiger partial charge >= 0.3 is 0 Å². The SMILES string of the molecule is O=C(CCNCC(O)CN1CCCC1)N1CCCC1. The Morgan fingerprint density at radius 2 is 1.74 bits per heavy atom. The fourth-order valence-corrected chi connectivity index (χ4v) is 2.92. The molecule has 0 saturated carbocycles. The van der Waals surface area contributed by atoms with Crippen LogP contribution in [-0.2, 0) is 4.79 Å². The van der Waals surface area contributed by atoms with Crippen molar-refractivity contribution in [2.75, 3.05) is 45.8 Å². The highest BCUT2D eigenvalue weighted by molar-refractivity contribution is 5.76. The Morgan fingerprint density at radius 1 is 1.11 bits per heavy atom. The molecule has 2 N–H and O–H groups in total. The second-order valence-electron chi connectivity index (χ2n) is 5.70. The lowest BCUT2D eigenvalue weighted by Crippen LogP contribution is -2.38. The van der Waals surface area contributed by atoms with Gasteiger partial charge in [0.15, 0.2) is 0 Å². The Morgan fingerprint density at radius 3 is 2.42 bits per heavy atom. The molecule has 0 aromatic heterocycles. The fraction of sp³-hybridized carbons (Fsp3) is 0.929. The molecule has 2 aliphatic rings. The van der Waals surface area contributed by atoms with Crippen molar-refractivity contribution in [3.8, 4) is 0 Å². The molecule has 2 fully saturated rings. The summed E-state index contributed by atoms with van der Waals surface area (Å²) < 4.78 is 0. The number of nitrogens with one attached hydrogen (secondary N) is 1. The molecule has 2 aliphatic heterocycles. The molecule has 2 saturated heterocycles. The summed E-state index contributed by atoms with van der Waals surface area (Å²) in [5.41, 5.74) is 0. The summed E-state index contributed by atoms with van der Waals surface area (Å²) in [4.78, 5) is 16.0. The van der Waals surface area contributed by atoms with Crippen molar-refractivity contribution in [3.63, 3.8) is 0 Å². The van der Waals surface area contributed by atoms with Crippen LogP contribution in [0.1, 0.15) is 32.1 Å². The van der Waals surface area contributed by atoms with Gasteiger partial charge in [-0.05, 0) is 38.8 Å². The molecule has 0 radical (unpaired) electrons. The highest BCUT2D eigenvalue weighted by Gasteiger charge is 2.18. The number of β-amino-alcohol motifs (C(OH)–C–C–N with tert-alkyl or cyclic N) is 1. The third kappa shape index (κ3) is 5.09. The van der Waals surface area contributed by atoms with Gasteiger partial charge in [-0.3, -0.25) is 4.79 Å². The minimum Gasteiger partial charge on any atom is -0.390 e. The van der Waals surface area contributed by atoms with Crippen LogP contribution in [-0.4, -0.2) is 72.7 Å². The van der Waals surface area contributed by atoms with Crippen LogP contribution in [0.2, 0.25) is 0 Å². The first-order chi connectivity index (χ1) is 9.25. The van der Waals surface area contributed by atoms with Gasteiger partial charge in [0.1, 0.15) is 0 Å². The minimum absolute atomic E-state index is 0.249. The Balaban J connectivity index is 1.49. The zero-order chi connectivity index (χ0) is 13.5. The van der Waals surface area contributed by atoms with Gasteiger partial charge in [0.25, 0.3) is 0 Å². The smallest absolute Gasteiger partial charge is 0.223 e. The molecule has 1 atom stereocenters. The van der Waals surface area contributed by atoms with Gasteiger partial charge in [0, 0.05) is 39.1 Å². The monoisotopic (exact) mass is 269 g/mol. The van der Waals surface area contributed by atoms with E-state index in [1.54, 1.807) is 0 Å². The summed E-state index contributed by atoms with van der Waals surface area (Å²) in [6, 6.07) is 0. The first kappa shape index (κ1) is 14.8. The first-order valence-electron chi connectivity index (χ1n) is 7.64. The lowest BCUT2D eigenvalue weighted by Gasteiger charge is -2.20. The number of aliphatic hydroxyl groups excluding tert-OH is 1. The maximum Gasteiger partial charge on any atom is 0.223 e. The summed E-state index contributed by atoms with van der Waals surface area (Å²) in [7, 11) is 0. The number of carbonyl (C=O) groups is 1. The maximum atomic E-state index is 11.8. The van der Waals surface area contributed by atoms with Gasteiger partial charge in [0.2, 0.25) is 5.91 Å². The van der Waals surface area contributed by atoms with Crippen LogP contribution < -0.4 is 5.32 Å². The molecule has 110 valence electrons. The number of rotatable bonds is 7. The highest BCUT2D eigenvalue weighted by Crippen LogP contribution is 2.09. The van der Waals surface area contributed by atoms with Gasteiger partial charge < -0.3 is 20.2 Å². The van der Waals surface area contributed by atoms with Crippen molar-refractivity contribution in [2.45, 2.75) is 38.2 Å². The van der Waals surface area contributed by atoms with Crippen molar-refractivity contribution in [2.24, 2.45) is 0 Å². The summed E-state index contributed by atoms with van der Waals surface area (Å²) >= 11 is 0. The molecule has 2 rings (SSSR count). The Labute approximate surface area is 115 Å². The van der Waals surface area contributed by atoms with E-state index in [0.717, 1.165) is 45.6 Å². The third-order valence-electron chi connectivity index (χ3n) is 4.02. The molecular weight excluding hydrogens is 242 g/mol. The first-order valence-corrected chi connectivity index (χ1v) is 7.64. The zero-order valence-corrected chi connectivity index (χ0v) is 11.8. The van der Waals surface area contributed by atoms with E-state index < -0.39 is 0 Å². The molecule has 2 heterocycles. The number of aliphatic hydroxyl groups is 1. The quantitative estimate of drug-likeness (QED) is 0.641. The predicted octanol–water partition coefficient (Wildman–Crippen LogP) is 0.0452. The largest absolute Gasteiger partial charge is 0.390 e. The Bertz CT molecular complexity index is 274. The number of carbonyl (C=O) groups excluding carboxylic acids is 1. The highest BCUT2D eigenvalue weighted by atomic mass is 16.3. The molecule has 0 aliphatic carbocycles. The minimum atomic E-state index is -0.319. The molecule has 1 amide bonds. The van der Waals surface area contributed by atoms with Crippen LogP contribution in [0.25, 0.3) is 0 Å². The fourth-order valence-electron chi connectivity index (χ4n) is 2.92. The predicted molar refractivity (Wildman–Crippen MR) is 75.0 cm³/mol. The second kappa shape index (κ2) is 7.82. The van der Waals surface area contributed by atoms with Gasteiger partial charge in [-0.1, -0.05) is 0 Å². The summed E-state index contributed by atoms with van der Waals surface area (Å²) in [5.74, 6) is 0.249. The van der Waals surface area contributed by atoms with Crippen LogP contribution in [0.15, 0.2) is 0 Å². The van der Waals surface area contributed by atoms with Crippen molar-refractivity contribution < 1.29 is 9.90 Å². The van der Waals surface area contributed by atoms with E-state index in [2.05, 4.69) is 10.2 Å². The molecule has 1 unspecified atom stereocenters. The normalized spacial score (nSPS) is 22.1. The van der Waals surface area contributed by atoms with E-state index in [-0.39, 0.29) is 12.0 Å². The molecule has 19 heavy (non-hydrogen) atoms. The number of amides is 1. The van der Waals surface area contributed by atoms with Crippen molar-refractivity contribution in [1.29, 1.82) is 0 Å². The second-order valence-corrected chi connectivity index (χ2v) is 5.70. The molecule has 0 aromatic carbocycles. The van der Waals surface area contributed by atoms with Gasteiger partial charge in [-0.2, -0.15) is 0 Å².